The van der Waals surface area contributed by atoms with E-state index in [0.717, 1.165) is 23.8 Å². The molecule has 1 unspecified atom stereocenters. The Morgan fingerprint density at radius 2 is 2.44 bits per heavy atom. The zero-order valence-electron chi connectivity index (χ0n) is 10.2. The lowest BCUT2D eigenvalue weighted by Crippen LogP contribution is -2.22. The van der Waals surface area contributed by atoms with Gasteiger partial charge in [-0.1, -0.05) is 6.92 Å². The van der Waals surface area contributed by atoms with Crippen molar-refractivity contribution in [3.8, 4) is 0 Å². The van der Waals surface area contributed by atoms with Crippen molar-refractivity contribution in [3.63, 3.8) is 0 Å². The minimum atomic E-state index is 0.619. The summed E-state index contributed by atoms with van der Waals surface area (Å²) in [6.45, 7) is 4.80. The monoisotopic (exact) mass is 260 g/mol. The van der Waals surface area contributed by atoms with Gasteiger partial charge >= 0.3 is 0 Å². The van der Waals surface area contributed by atoms with E-state index in [1.54, 1.807) is 18.4 Å². The number of hydrogen-bond donors (Lipinski definition) is 1. The highest BCUT2D eigenvalue weighted by Crippen LogP contribution is 2.10. The summed E-state index contributed by atoms with van der Waals surface area (Å²) in [6, 6.07) is 0. The second-order valence-electron chi connectivity index (χ2n) is 3.86. The number of nitrogens with one attached hydrogen (secondary N) is 1. The summed E-state index contributed by atoms with van der Waals surface area (Å²) < 4.78 is 5.04. The number of nitrogens with zero attached hydrogens (tertiary/aromatic N) is 1. The van der Waals surface area contributed by atoms with Crippen LogP contribution in [0.5, 0.6) is 0 Å². The first-order chi connectivity index (χ1) is 7.76. The van der Waals surface area contributed by atoms with E-state index >= 15 is 0 Å². The number of aromatic nitrogens is 1. The molecule has 0 aliphatic heterocycles. The number of thioether (sulfide) groups is 1. The van der Waals surface area contributed by atoms with Crippen LogP contribution in [0.3, 0.4) is 0 Å². The van der Waals surface area contributed by atoms with Gasteiger partial charge in [-0.05, 0) is 24.5 Å². The van der Waals surface area contributed by atoms with Gasteiger partial charge in [-0.2, -0.15) is 11.8 Å². The van der Waals surface area contributed by atoms with E-state index in [0.29, 0.717) is 12.5 Å². The lowest BCUT2D eigenvalue weighted by molar-refractivity contribution is 0.184. The third-order valence-electron chi connectivity index (χ3n) is 2.12. The molecule has 1 N–H and O–H groups in total. The summed E-state index contributed by atoms with van der Waals surface area (Å²) in [5.74, 6) is 1.92. The molecule has 16 heavy (non-hydrogen) atoms. The maximum Gasteiger partial charge on any atom is 0.119 e. The number of hydrogen-bond acceptors (Lipinski definition) is 5. The van der Waals surface area contributed by atoms with Gasteiger partial charge in [-0.3, -0.25) is 0 Å². The third-order valence-corrected chi connectivity index (χ3v) is 3.89. The molecule has 1 heterocycles. The highest BCUT2D eigenvalue weighted by molar-refractivity contribution is 7.98. The lowest BCUT2D eigenvalue weighted by Gasteiger charge is -2.09. The van der Waals surface area contributed by atoms with E-state index in [-0.39, 0.29) is 0 Å². The highest BCUT2D eigenvalue weighted by atomic mass is 32.2. The van der Waals surface area contributed by atoms with Crippen molar-refractivity contribution >= 4 is 23.1 Å². The fraction of sp³-hybridized carbons (Fsp3) is 0.727. The summed E-state index contributed by atoms with van der Waals surface area (Å²) in [6.07, 6.45) is 2.15. The Bertz CT molecular complexity index is 291. The van der Waals surface area contributed by atoms with Crippen LogP contribution in [0.25, 0.3) is 0 Å². The Morgan fingerprint density at radius 3 is 3.12 bits per heavy atom. The van der Waals surface area contributed by atoms with Crippen LogP contribution in [0.1, 0.15) is 17.6 Å². The molecule has 0 aromatic carbocycles. The second kappa shape index (κ2) is 8.06. The molecule has 1 rings (SSSR count). The minimum Gasteiger partial charge on any atom is -0.378 e. The van der Waals surface area contributed by atoms with E-state index < -0.39 is 0 Å². The summed E-state index contributed by atoms with van der Waals surface area (Å²) in [7, 11) is 1.70. The van der Waals surface area contributed by atoms with Crippen LogP contribution in [0.2, 0.25) is 0 Å². The van der Waals surface area contributed by atoms with Crippen LogP contribution in [0.4, 0.5) is 0 Å². The SMILES string of the molecule is COCc1nc(CNCC(C)CSC)cs1. The van der Waals surface area contributed by atoms with E-state index in [9.17, 15) is 0 Å². The summed E-state index contributed by atoms with van der Waals surface area (Å²) in [4.78, 5) is 4.47. The van der Waals surface area contributed by atoms with Gasteiger partial charge in [0.2, 0.25) is 0 Å². The van der Waals surface area contributed by atoms with Crippen LogP contribution >= 0.6 is 23.1 Å². The van der Waals surface area contributed by atoms with Gasteiger partial charge in [0.1, 0.15) is 5.01 Å². The van der Waals surface area contributed by atoms with Crippen molar-refractivity contribution in [3.05, 3.63) is 16.1 Å². The maximum absolute atomic E-state index is 5.04. The molecule has 0 fully saturated rings. The average Bonchev–Trinajstić information content (AvgIpc) is 2.67. The first-order valence-electron chi connectivity index (χ1n) is 5.38. The molecule has 0 bridgehead atoms. The normalized spacial score (nSPS) is 12.9. The fourth-order valence-electron chi connectivity index (χ4n) is 1.41. The van der Waals surface area contributed by atoms with Crippen molar-refractivity contribution in [1.29, 1.82) is 0 Å². The number of thiazole rings is 1. The molecule has 3 nitrogen and oxygen atoms in total. The molecule has 0 saturated carbocycles. The standard InChI is InChI=1S/C11H20N2OS2/c1-9(7-15-3)4-12-5-10-8-16-11(13-10)6-14-2/h8-9,12H,4-7H2,1-3H3. The molecule has 0 aliphatic carbocycles. The van der Waals surface area contributed by atoms with Gasteiger partial charge in [0.15, 0.2) is 0 Å². The van der Waals surface area contributed by atoms with Crippen LogP contribution in [-0.4, -0.2) is 30.6 Å². The molecule has 0 amide bonds. The van der Waals surface area contributed by atoms with Crippen molar-refractivity contribution in [1.82, 2.24) is 10.3 Å². The number of methoxy groups -OCH3 is 1. The smallest absolute Gasteiger partial charge is 0.119 e. The molecule has 5 heteroatoms. The summed E-state index contributed by atoms with van der Waals surface area (Å²) >= 11 is 3.56. The first-order valence-corrected chi connectivity index (χ1v) is 7.65. The Balaban J connectivity index is 2.21. The average molecular weight is 260 g/mol. The molecule has 1 aromatic rings. The predicted octanol–water partition coefficient (Wildman–Crippen LogP) is 2.38. The molecule has 0 spiro atoms. The van der Waals surface area contributed by atoms with Crippen LogP contribution in [-0.2, 0) is 17.9 Å². The predicted molar refractivity (Wildman–Crippen MR) is 72.1 cm³/mol. The number of ether oxygens (including phenoxy) is 1. The van der Waals surface area contributed by atoms with Gasteiger partial charge in [0.05, 0.1) is 12.3 Å². The lowest BCUT2D eigenvalue weighted by atomic mass is 10.2. The van der Waals surface area contributed by atoms with Gasteiger partial charge in [0, 0.05) is 19.0 Å². The zero-order valence-corrected chi connectivity index (χ0v) is 11.8. The Morgan fingerprint density at radius 1 is 1.62 bits per heavy atom. The van der Waals surface area contributed by atoms with Gasteiger partial charge in [0.25, 0.3) is 0 Å². The largest absolute Gasteiger partial charge is 0.378 e. The second-order valence-corrected chi connectivity index (χ2v) is 5.71. The van der Waals surface area contributed by atoms with E-state index in [4.69, 9.17) is 4.74 Å². The highest BCUT2D eigenvalue weighted by Gasteiger charge is 2.03. The fourth-order valence-corrected chi connectivity index (χ4v) is 2.86. The minimum absolute atomic E-state index is 0.619. The Labute approximate surface area is 106 Å². The van der Waals surface area contributed by atoms with E-state index in [2.05, 4.69) is 28.9 Å². The summed E-state index contributed by atoms with van der Waals surface area (Å²) in [5.41, 5.74) is 1.12. The Hall–Kier alpha value is -0.100. The van der Waals surface area contributed by atoms with Gasteiger partial charge < -0.3 is 10.1 Å². The molecule has 0 saturated heterocycles. The summed E-state index contributed by atoms with van der Waals surface area (Å²) in [5, 5.41) is 6.58. The Kier molecular flexibility index (Phi) is 7.03. The molecule has 1 atom stereocenters. The van der Waals surface area contributed by atoms with Crippen molar-refractivity contribution in [2.45, 2.75) is 20.1 Å². The number of rotatable bonds is 8. The maximum atomic E-state index is 5.04. The topological polar surface area (TPSA) is 34.1 Å². The molecule has 92 valence electrons. The van der Waals surface area contributed by atoms with Crippen LogP contribution in [0, 0.1) is 5.92 Å². The molecular weight excluding hydrogens is 240 g/mol. The van der Waals surface area contributed by atoms with Crippen molar-refractivity contribution in [2.75, 3.05) is 25.7 Å². The first kappa shape index (κ1) is 14.0. The van der Waals surface area contributed by atoms with Gasteiger partial charge in [-0.25, -0.2) is 4.98 Å². The van der Waals surface area contributed by atoms with Crippen molar-refractivity contribution in [2.24, 2.45) is 5.92 Å². The third kappa shape index (κ3) is 5.30. The van der Waals surface area contributed by atoms with E-state index in [1.807, 2.05) is 11.8 Å². The molecule has 1 aromatic heterocycles. The van der Waals surface area contributed by atoms with Gasteiger partial charge in [-0.15, -0.1) is 11.3 Å². The molecule has 0 radical (unpaired) electrons. The quantitative estimate of drug-likeness (QED) is 0.778. The van der Waals surface area contributed by atoms with E-state index in [1.165, 1.54) is 5.75 Å². The van der Waals surface area contributed by atoms with Crippen LogP contribution < -0.4 is 5.32 Å². The van der Waals surface area contributed by atoms with Crippen molar-refractivity contribution < 1.29 is 4.74 Å². The van der Waals surface area contributed by atoms with Crippen LogP contribution in [0.15, 0.2) is 5.38 Å². The molecule has 0 aliphatic rings. The molecular formula is C11H20N2OS2. The zero-order chi connectivity index (χ0) is 11.8.